The van der Waals surface area contributed by atoms with Gasteiger partial charge >= 0.3 is 12.1 Å². The molecular formula is C26H26F3NO2S. The molecule has 2 heterocycles. The molecule has 1 N–H and O–H groups in total. The van der Waals surface area contributed by atoms with Gasteiger partial charge in [0, 0.05) is 29.2 Å². The summed E-state index contributed by atoms with van der Waals surface area (Å²) in [6, 6.07) is 12.9. The minimum atomic E-state index is -4.36. The first-order chi connectivity index (χ1) is 15.8. The first-order valence-corrected chi connectivity index (χ1v) is 12.3. The van der Waals surface area contributed by atoms with E-state index in [1.54, 1.807) is 6.07 Å². The molecule has 7 heteroatoms. The van der Waals surface area contributed by atoms with Crippen LogP contribution in [0.4, 0.5) is 13.2 Å². The molecular weight excluding hydrogens is 447 g/mol. The molecule has 2 aromatic carbocycles. The number of rotatable bonds is 5. The van der Waals surface area contributed by atoms with E-state index < -0.39 is 17.7 Å². The molecule has 5 rings (SSSR count). The Kier molecular flexibility index (Phi) is 5.95. The van der Waals surface area contributed by atoms with E-state index in [2.05, 4.69) is 11.0 Å². The molecule has 0 unspecified atom stereocenters. The van der Waals surface area contributed by atoms with E-state index in [9.17, 15) is 18.0 Å². The van der Waals surface area contributed by atoms with Crippen LogP contribution in [0.25, 0.3) is 20.5 Å². The van der Waals surface area contributed by atoms with Crippen molar-refractivity contribution >= 4 is 27.4 Å². The number of hydrogen-bond acceptors (Lipinski definition) is 3. The first kappa shape index (κ1) is 22.4. The number of likely N-dealkylation sites (tertiary alicyclic amines) is 1. The number of aliphatic carboxylic acids is 1. The molecule has 0 bridgehead atoms. The van der Waals surface area contributed by atoms with Crippen molar-refractivity contribution < 1.29 is 23.1 Å². The molecule has 1 aliphatic heterocycles. The van der Waals surface area contributed by atoms with Gasteiger partial charge in [-0.1, -0.05) is 37.5 Å². The maximum absolute atomic E-state index is 14.0. The summed E-state index contributed by atoms with van der Waals surface area (Å²) >= 11 is 1.50. The van der Waals surface area contributed by atoms with Gasteiger partial charge in [0.2, 0.25) is 0 Å². The third kappa shape index (κ3) is 4.66. The van der Waals surface area contributed by atoms with Crippen LogP contribution in [0.5, 0.6) is 0 Å². The van der Waals surface area contributed by atoms with Crippen molar-refractivity contribution in [2.75, 3.05) is 13.1 Å². The summed E-state index contributed by atoms with van der Waals surface area (Å²) in [5.41, 5.74) is 1.65. The van der Waals surface area contributed by atoms with E-state index in [0.29, 0.717) is 30.8 Å². The highest BCUT2D eigenvalue weighted by Gasteiger charge is 2.36. The Morgan fingerprint density at radius 2 is 1.79 bits per heavy atom. The summed E-state index contributed by atoms with van der Waals surface area (Å²) in [6.07, 6.45) is 0.402. The van der Waals surface area contributed by atoms with Crippen molar-refractivity contribution in [1.82, 2.24) is 4.90 Å². The Bertz CT molecular complexity index is 1170. The van der Waals surface area contributed by atoms with Gasteiger partial charge < -0.3 is 5.11 Å². The molecule has 1 aromatic heterocycles. The zero-order chi connectivity index (χ0) is 23.2. The molecule has 1 saturated carbocycles. The fourth-order valence-electron chi connectivity index (χ4n) is 5.17. The van der Waals surface area contributed by atoms with Gasteiger partial charge in [-0.3, -0.25) is 9.69 Å². The van der Waals surface area contributed by atoms with Crippen LogP contribution in [-0.2, 0) is 17.5 Å². The largest absolute Gasteiger partial charge is 0.481 e. The SMILES string of the molecule is O=C(O)C1CN(Cc2ccc3sc(-c4ccc(C5CCCCC5)c(C(F)(F)F)c4)cc3c2)C1. The van der Waals surface area contributed by atoms with Gasteiger partial charge in [-0.15, -0.1) is 11.3 Å². The summed E-state index contributed by atoms with van der Waals surface area (Å²) in [5.74, 6) is -1.05. The zero-order valence-corrected chi connectivity index (χ0v) is 19.0. The minimum absolute atomic E-state index is 0.00313. The average molecular weight is 474 g/mol. The fraction of sp³-hybridized carbons (Fsp3) is 0.423. The molecule has 2 fully saturated rings. The Morgan fingerprint density at radius 1 is 1.03 bits per heavy atom. The number of nitrogens with zero attached hydrogens (tertiary/aromatic N) is 1. The van der Waals surface area contributed by atoms with Crippen molar-refractivity contribution in [3.05, 3.63) is 59.2 Å². The highest BCUT2D eigenvalue weighted by molar-refractivity contribution is 7.22. The van der Waals surface area contributed by atoms with Crippen molar-refractivity contribution in [1.29, 1.82) is 0 Å². The van der Waals surface area contributed by atoms with Crippen molar-refractivity contribution in [2.24, 2.45) is 5.92 Å². The van der Waals surface area contributed by atoms with Crippen LogP contribution < -0.4 is 0 Å². The lowest BCUT2D eigenvalue weighted by atomic mass is 9.81. The number of carboxylic acids is 1. The normalized spacial score (nSPS) is 18.5. The smallest absolute Gasteiger partial charge is 0.416 e. The molecule has 0 radical (unpaired) electrons. The van der Waals surface area contributed by atoms with Gasteiger partial charge in [0.15, 0.2) is 0 Å². The predicted molar refractivity (Wildman–Crippen MR) is 124 cm³/mol. The van der Waals surface area contributed by atoms with E-state index in [0.717, 1.165) is 52.6 Å². The first-order valence-electron chi connectivity index (χ1n) is 11.5. The van der Waals surface area contributed by atoms with Gasteiger partial charge in [-0.2, -0.15) is 13.2 Å². The summed E-state index contributed by atoms with van der Waals surface area (Å²) < 4.78 is 42.9. The molecule has 33 heavy (non-hydrogen) atoms. The highest BCUT2D eigenvalue weighted by atomic mass is 32.1. The lowest BCUT2D eigenvalue weighted by molar-refractivity contribution is -0.147. The number of carbonyl (C=O) groups is 1. The summed E-state index contributed by atoms with van der Waals surface area (Å²) in [4.78, 5) is 13.9. The van der Waals surface area contributed by atoms with Crippen LogP contribution in [-0.4, -0.2) is 29.1 Å². The number of fused-ring (bicyclic) bond motifs is 1. The van der Waals surface area contributed by atoms with E-state index >= 15 is 0 Å². The number of benzene rings is 2. The lowest BCUT2D eigenvalue weighted by Gasteiger charge is -2.36. The minimum Gasteiger partial charge on any atom is -0.481 e. The van der Waals surface area contributed by atoms with Crippen LogP contribution in [0.2, 0.25) is 0 Å². The van der Waals surface area contributed by atoms with Gasteiger partial charge in [0.1, 0.15) is 0 Å². The number of halogens is 3. The van der Waals surface area contributed by atoms with Gasteiger partial charge in [0.25, 0.3) is 0 Å². The second-order valence-corrected chi connectivity index (χ2v) is 10.4. The maximum Gasteiger partial charge on any atom is 0.416 e. The third-order valence-electron chi connectivity index (χ3n) is 6.98. The highest BCUT2D eigenvalue weighted by Crippen LogP contribution is 2.43. The number of hydrogen-bond donors (Lipinski definition) is 1. The quantitative estimate of drug-likeness (QED) is 0.428. The summed E-state index contributed by atoms with van der Waals surface area (Å²) in [6.45, 7) is 1.78. The maximum atomic E-state index is 14.0. The molecule has 1 saturated heterocycles. The van der Waals surface area contributed by atoms with Crippen molar-refractivity contribution in [3.63, 3.8) is 0 Å². The van der Waals surface area contributed by atoms with Gasteiger partial charge in [-0.25, -0.2) is 0 Å². The molecule has 3 nitrogen and oxygen atoms in total. The van der Waals surface area contributed by atoms with Gasteiger partial charge in [0.05, 0.1) is 11.5 Å². The second-order valence-electron chi connectivity index (χ2n) is 9.35. The van der Waals surface area contributed by atoms with Crippen LogP contribution >= 0.6 is 11.3 Å². The summed E-state index contributed by atoms with van der Waals surface area (Å²) in [5, 5.41) is 10.0. The topological polar surface area (TPSA) is 40.5 Å². The van der Waals surface area contributed by atoms with Crippen LogP contribution in [0, 0.1) is 5.92 Å². The average Bonchev–Trinajstić information content (AvgIpc) is 3.19. The molecule has 1 aliphatic carbocycles. The second kappa shape index (κ2) is 8.76. The third-order valence-corrected chi connectivity index (χ3v) is 8.15. The number of thiophene rings is 1. The van der Waals surface area contributed by atoms with E-state index in [4.69, 9.17) is 5.11 Å². The number of carboxylic acid groups (broad SMARTS) is 1. The van der Waals surface area contributed by atoms with Crippen LogP contribution in [0.15, 0.2) is 42.5 Å². The predicted octanol–water partition coefficient (Wildman–Crippen LogP) is 7.15. The molecule has 3 aromatic rings. The molecule has 0 spiro atoms. The van der Waals surface area contributed by atoms with Crippen molar-refractivity contribution in [3.8, 4) is 10.4 Å². The lowest BCUT2D eigenvalue weighted by Crippen LogP contribution is -2.49. The van der Waals surface area contributed by atoms with E-state index in [-0.39, 0.29) is 11.8 Å². The monoisotopic (exact) mass is 473 g/mol. The molecule has 2 aliphatic rings. The Hall–Kier alpha value is -2.38. The van der Waals surface area contributed by atoms with Crippen molar-refractivity contribution in [2.45, 2.75) is 50.7 Å². The molecule has 174 valence electrons. The molecule has 0 amide bonds. The van der Waals surface area contributed by atoms with Crippen LogP contribution in [0.3, 0.4) is 0 Å². The number of alkyl halides is 3. The van der Waals surface area contributed by atoms with Crippen LogP contribution in [0.1, 0.15) is 54.7 Å². The zero-order valence-electron chi connectivity index (χ0n) is 18.2. The molecule has 0 atom stereocenters. The Labute approximate surface area is 194 Å². The Morgan fingerprint density at radius 3 is 2.48 bits per heavy atom. The fourth-order valence-corrected chi connectivity index (χ4v) is 6.21. The van der Waals surface area contributed by atoms with E-state index in [1.165, 1.54) is 17.4 Å². The Balaban J connectivity index is 1.41. The summed E-state index contributed by atoms with van der Waals surface area (Å²) in [7, 11) is 0. The standard InChI is InChI=1S/C26H26F3NO2S/c27-26(28,29)22-11-18(7-8-21(22)17-4-2-1-3-5-17)24-12-19-10-16(6-9-23(19)33-24)13-30-14-20(15-30)25(31)32/h6-12,17,20H,1-5,13-15H2,(H,31,32). The van der Waals surface area contributed by atoms with Gasteiger partial charge in [-0.05, 0) is 65.1 Å². The van der Waals surface area contributed by atoms with E-state index in [1.807, 2.05) is 24.3 Å².